The predicted octanol–water partition coefficient (Wildman–Crippen LogP) is 9.27. The van der Waals surface area contributed by atoms with Crippen molar-refractivity contribution in [2.75, 3.05) is 25.4 Å². The summed E-state index contributed by atoms with van der Waals surface area (Å²) in [4.78, 5) is 33.7. The Labute approximate surface area is 407 Å². The number of nitrogens with zero attached hydrogens (tertiary/aromatic N) is 2. The quantitative estimate of drug-likeness (QED) is 0.125. The monoisotopic (exact) mass is 959 g/mol. The number of phenolic OH excluding ortho intramolecular Hbond substituents is 1. The number of fused-ring (bicyclic) bond motifs is 8. The van der Waals surface area contributed by atoms with Crippen LogP contribution >= 0.6 is 21.6 Å². The van der Waals surface area contributed by atoms with Crippen molar-refractivity contribution >= 4 is 45.5 Å². The number of nitrogens with two attached hydrogens (primary N) is 2. The van der Waals surface area contributed by atoms with E-state index in [1.165, 1.54) is 77.6 Å². The van der Waals surface area contributed by atoms with Gasteiger partial charge < -0.3 is 46.7 Å². The summed E-state index contributed by atoms with van der Waals surface area (Å²) in [6.07, 6.45) is 30.9. The molecule has 8 N–H and O–H groups in total. The van der Waals surface area contributed by atoms with Crippen molar-refractivity contribution in [2.24, 2.45) is 38.6 Å². The van der Waals surface area contributed by atoms with Crippen LogP contribution in [0.4, 0.5) is 0 Å². The van der Waals surface area contributed by atoms with Crippen LogP contribution in [0.1, 0.15) is 171 Å². The van der Waals surface area contributed by atoms with Gasteiger partial charge in [0.2, 0.25) is 5.91 Å². The second-order valence-corrected chi connectivity index (χ2v) is 24.6. The molecule has 14 heteroatoms. The minimum absolute atomic E-state index is 0.0279. The van der Waals surface area contributed by atoms with E-state index < -0.39 is 17.6 Å². The molecule has 1 saturated heterocycles. The van der Waals surface area contributed by atoms with E-state index in [2.05, 4.69) is 39.7 Å². The summed E-state index contributed by atoms with van der Waals surface area (Å²) < 4.78 is 12.7. The molecule has 6 unspecified atom stereocenters. The van der Waals surface area contributed by atoms with Gasteiger partial charge in [-0.1, -0.05) is 78.3 Å². The number of aromatic hydroxyl groups is 1. The minimum atomic E-state index is -0.584. The van der Waals surface area contributed by atoms with Crippen molar-refractivity contribution < 1.29 is 29.3 Å². The van der Waals surface area contributed by atoms with Crippen LogP contribution in [0.25, 0.3) is 6.08 Å². The number of guanidine groups is 1. The largest absolute Gasteiger partial charge is 0.504 e. The minimum Gasteiger partial charge on any atom is -0.504 e. The number of aryl methyl sites for hydroxylation is 1. The van der Waals surface area contributed by atoms with Gasteiger partial charge in [-0.25, -0.2) is 0 Å². The number of ether oxygens (including phenoxy) is 2. The Morgan fingerprint density at radius 3 is 2.54 bits per heavy atom. The lowest BCUT2D eigenvalue weighted by Gasteiger charge is -2.44. The molecule has 8 aliphatic rings. The first-order chi connectivity index (χ1) is 32.4. The fourth-order valence-corrected chi connectivity index (χ4v) is 18.0. The molecule has 368 valence electrons. The van der Waals surface area contributed by atoms with Gasteiger partial charge in [0, 0.05) is 79.6 Å². The number of phenols is 1. The van der Waals surface area contributed by atoms with E-state index >= 15 is 0 Å². The van der Waals surface area contributed by atoms with Gasteiger partial charge in [-0.15, -0.1) is 0 Å². The Hall–Kier alpha value is -3.49. The molecule has 1 aromatic rings. The molecule has 4 aliphatic carbocycles. The summed E-state index contributed by atoms with van der Waals surface area (Å²) in [6.45, 7) is 3.30. The van der Waals surface area contributed by atoms with Crippen LogP contribution < -0.4 is 26.8 Å². The number of hydrogen-bond acceptors (Lipinski definition) is 13. The summed E-state index contributed by atoms with van der Waals surface area (Å²) in [7, 11) is 4.11. The van der Waals surface area contributed by atoms with E-state index in [1.807, 2.05) is 27.8 Å². The number of benzene rings is 1. The van der Waals surface area contributed by atoms with Crippen LogP contribution in [0.15, 0.2) is 40.7 Å². The summed E-state index contributed by atoms with van der Waals surface area (Å²) in [5, 5.41) is 30.7. The summed E-state index contributed by atoms with van der Waals surface area (Å²) in [5.41, 5.74) is 16.9. The highest BCUT2D eigenvalue weighted by Gasteiger charge is 2.57. The van der Waals surface area contributed by atoms with Crippen molar-refractivity contribution in [2.45, 2.75) is 191 Å². The number of allylic oxidation sites excluding steroid dienone is 2. The third kappa shape index (κ3) is 11.0. The van der Waals surface area contributed by atoms with E-state index in [0.29, 0.717) is 93.1 Å². The molecule has 6 atom stereocenters. The highest BCUT2D eigenvalue weighted by molar-refractivity contribution is 8.77. The van der Waals surface area contributed by atoms with Gasteiger partial charge >= 0.3 is 5.97 Å². The Morgan fingerprint density at radius 1 is 0.970 bits per heavy atom. The zero-order valence-corrected chi connectivity index (χ0v) is 41.7. The van der Waals surface area contributed by atoms with Crippen LogP contribution in [0.3, 0.4) is 0 Å². The average Bonchev–Trinajstić information content (AvgIpc) is 4.14. The Kier molecular flexibility index (Phi) is 15.1. The Balaban J connectivity index is 1.04. The molecule has 0 aromatic heterocycles. The van der Waals surface area contributed by atoms with Crippen molar-refractivity contribution in [1.29, 1.82) is 0 Å². The molecule has 1 aromatic carbocycles. The predicted molar refractivity (Wildman–Crippen MR) is 270 cm³/mol. The van der Waals surface area contributed by atoms with Gasteiger partial charge in [0.1, 0.15) is 17.1 Å². The van der Waals surface area contributed by atoms with E-state index in [1.54, 1.807) is 0 Å². The molecule has 4 saturated carbocycles. The number of dihydropyridines is 1. The zero-order valence-electron chi connectivity index (χ0n) is 40.1. The lowest BCUT2D eigenvalue weighted by Crippen LogP contribution is -2.55. The van der Waals surface area contributed by atoms with E-state index in [-0.39, 0.29) is 46.5 Å². The third-order valence-electron chi connectivity index (χ3n) is 17.3. The number of hydrogen-bond donors (Lipinski definition) is 6. The topological polar surface area (TPSA) is 185 Å². The SMILES string of the molecule is CC(=O)OC1CCc2cc(c(O)c3c2C=CC2CCCC2O3)CN2CC(CC3=CCNC(N)=C3)(CCN=C(N)NC3(CCCC34CCCC4)SSCC3(CCCCC(O)C1)CCCC3)CC2=O. The number of esters is 1. The molecule has 4 aliphatic heterocycles. The average molecular weight is 959 g/mol. The number of aliphatic hydroxyl groups is 1. The van der Waals surface area contributed by atoms with Gasteiger partial charge in [0.25, 0.3) is 0 Å². The number of rotatable bonds is 3. The van der Waals surface area contributed by atoms with Crippen LogP contribution in [-0.4, -0.2) is 81.5 Å². The lowest BCUT2D eigenvalue weighted by molar-refractivity contribution is -0.148. The molecule has 4 heterocycles. The first-order valence-corrected chi connectivity index (χ1v) is 28.3. The highest BCUT2D eigenvalue weighted by atomic mass is 33.1. The van der Waals surface area contributed by atoms with Gasteiger partial charge in [-0.3, -0.25) is 14.6 Å². The molecule has 5 fully saturated rings. The summed E-state index contributed by atoms with van der Waals surface area (Å²) >= 11 is 0. The van der Waals surface area contributed by atoms with Crippen LogP contribution in [-0.2, 0) is 27.3 Å². The fourth-order valence-electron chi connectivity index (χ4n) is 13.7. The van der Waals surface area contributed by atoms with Crippen molar-refractivity contribution in [1.82, 2.24) is 15.5 Å². The molecular formula is C53H78N6O6S2. The first kappa shape index (κ1) is 48.5. The lowest BCUT2D eigenvalue weighted by atomic mass is 9.77. The second-order valence-electron chi connectivity index (χ2n) is 22.0. The zero-order chi connectivity index (χ0) is 46.7. The molecule has 67 heavy (non-hydrogen) atoms. The molecule has 4 bridgehead atoms. The standard InChI is InChI=1S/C53H78N6O6S2/c1-36(60)64-42-15-13-39-29-40(47(63)48-43(39)16-14-38-10-8-12-44(38)65-48)33-59-34-51(32-46(59)62,31-37-17-26-56-45(54)28-37)25-27-57-49(55)58-53(24-9-23-52(53)21-6-7-22-52)67-66-35-50(19-4-5-20-50)18-3-2-11-41(61)30-42/h14,16-17,28-29,38,41-42,44,56,61,63H,2-13,15,18-27,30-35,54H2,1H3,(H3,55,57,58). The molecule has 3 spiro atoms. The van der Waals surface area contributed by atoms with Crippen LogP contribution in [0, 0.1) is 22.2 Å². The van der Waals surface area contributed by atoms with Gasteiger partial charge in [-0.05, 0) is 131 Å². The molecule has 0 radical (unpaired) electrons. The Bertz CT molecular complexity index is 2090. The number of amides is 1. The molecular weight excluding hydrogens is 881 g/mol. The van der Waals surface area contributed by atoms with Gasteiger partial charge in [0.15, 0.2) is 17.5 Å². The number of aliphatic imine (C=N–C) groups is 1. The van der Waals surface area contributed by atoms with E-state index in [9.17, 15) is 19.8 Å². The molecule has 9 rings (SSSR count). The van der Waals surface area contributed by atoms with E-state index in [4.69, 9.17) is 25.9 Å². The van der Waals surface area contributed by atoms with Crippen LogP contribution in [0.2, 0.25) is 0 Å². The number of carbonyl (C=O) groups excluding carboxylic acids is 2. The van der Waals surface area contributed by atoms with E-state index in [0.717, 1.165) is 61.0 Å². The number of nitrogens with one attached hydrogen (secondary N) is 2. The number of carbonyl (C=O) groups is 2. The van der Waals surface area contributed by atoms with Crippen molar-refractivity contribution in [3.63, 3.8) is 0 Å². The fraction of sp³-hybridized carbons (Fsp3) is 0.717. The Morgan fingerprint density at radius 2 is 1.75 bits per heavy atom. The smallest absolute Gasteiger partial charge is 0.302 e. The van der Waals surface area contributed by atoms with Crippen molar-refractivity contribution in [3.8, 4) is 11.5 Å². The van der Waals surface area contributed by atoms with Gasteiger partial charge in [-0.2, -0.15) is 0 Å². The third-order valence-corrected chi connectivity index (χ3v) is 20.7. The molecule has 1 amide bonds. The maximum Gasteiger partial charge on any atom is 0.302 e. The van der Waals surface area contributed by atoms with Crippen molar-refractivity contribution in [3.05, 3.63) is 52.4 Å². The molecule has 12 nitrogen and oxygen atoms in total. The highest BCUT2D eigenvalue weighted by Crippen LogP contribution is 2.64. The summed E-state index contributed by atoms with van der Waals surface area (Å²) in [6, 6.07) is 2.03. The van der Waals surface area contributed by atoms with Crippen LogP contribution in [0.5, 0.6) is 11.5 Å². The number of aliphatic hydroxyl groups excluding tert-OH is 1. The normalized spacial score (nSPS) is 32.7. The maximum atomic E-state index is 14.4. The first-order valence-electron chi connectivity index (χ1n) is 26.0. The summed E-state index contributed by atoms with van der Waals surface area (Å²) in [5.74, 6) is 2.76. The second kappa shape index (κ2) is 20.8. The maximum absolute atomic E-state index is 14.4. The van der Waals surface area contributed by atoms with Gasteiger partial charge in [0.05, 0.1) is 11.9 Å².